The number of imidazole rings is 1. The molecule has 0 fully saturated rings. The van der Waals surface area contributed by atoms with Crippen LogP contribution in [-0.4, -0.2) is 28.2 Å². The lowest BCUT2D eigenvalue weighted by atomic mass is 10.1. The highest BCUT2D eigenvalue weighted by molar-refractivity contribution is 5.94. The quantitative estimate of drug-likeness (QED) is 0.671. The minimum absolute atomic E-state index is 0.0585. The van der Waals surface area contributed by atoms with Crippen molar-refractivity contribution >= 4 is 5.97 Å². The van der Waals surface area contributed by atoms with Gasteiger partial charge in [-0.1, -0.05) is 0 Å². The number of rotatable bonds is 2. The summed E-state index contributed by atoms with van der Waals surface area (Å²) in [5, 5.41) is 9.16. The van der Waals surface area contributed by atoms with E-state index in [4.69, 9.17) is 5.11 Å². The molecule has 3 N–H and O–H groups in total. The summed E-state index contributed by atoms with van der Waals surface area (Å²) in [5.74, 6) is -0.530. The van der Waals surface area contributed by atoms with Gasteiger partial charge in [-0.15, -0.1) is 0 Å². The number of phenolic OH excluding ortho intramolecular Hbond substituents is 1. The Labute approximate surface area is 95.9 Å². The summed E-state index contributed by atoms with van der Waals surface area (Å²) >= 11 is 0. The molecule has 0 saturated heterocycles. The minimum atomic E-state index is -0.633. The van der Waals surface area contributed by atoms with E-state index in [-0.39, 0.29) is 11.4 Å². The highest BCUT2D eigenvalue weighted by Gasteiger charge is 2.16. The molecule has 1 heterocycles. The molecule has 88 valence electrons. The lowest BCUT2D eigenvalue weighted by Gasteiger charge is -2.01. The molecule has 0 aliphatic rings. The van der Waals surface area contributed by atoms with E-state index < -0.39 is 11.7 Å². The molecule has 0 bridgehead atoms. The van der Waals surface area contributed by atoms with Gasteiger partial charge in [0.05, 0.1) is 12.8 Å². The topological polar surface area (TPSA) is 95.2 Å². The number of phenols is 1. The molecule has 17 heavy (non-hydrogen) atoms. The second kappa shape index (κ2) is 4.17. The second-order valence-corrected chi connectivity index (χ2v) is 3.37. The SMILES string of the molecule is COC(=O)c1[nH]c(=O)[nH]c1-c1ccc(O)cc1. The standard InChI is InChI=1S/C11H10N2O4/c1-17-10(15)9-8(12-11(16)13-9)6-2-4-7(14)5-3-6/h2-5,14H,1H3,(H2,12,13,16). The number of nitrogens with one attached hydrogen (secondary N) is 2. The maximum atomic E-state index is 11.4. The van der Waals surface area contributed by atoms with Gasteiger partial charge in [0.15, 0.2) is 5.69 Å². The first-order chi connectivity index (χ1) is 8.11. The summed E-state index contributed by atoms with van der Waals surface area (Å²) in [4.78, 5) is 27.5. The van der Waals surface area contributed by atoms with Crippen LogP contribution < -0.4 is 5.69 Å². The van der Waals surface area contributed by atoms with Gasteiger partial charge in [-0.05, 0) is 24.3 Å². The second-order valence-electron chi connectivity index (χ2n) is 3.37. The summed E-state index contributed by atoms with van der Waals surface area (Å²) < 4.78 is 4.56. The molecule has 0 radical (unpaired) electrons. The molecule has 2 aromatic rings. The fourth-order valence-electron chi connectivity index (χ4n) is 1.48. The zero-order valence-electron chi connectivity index (χ0n) is 8.98. The van der Waals surface area contributed by atoms with Crippen LogP contribution in [0.5, 0.6) is 5.75 Å². The average Bonchev–Trinajstić information content (AvgIpc) is 2.71. The van der Waals surface area contributed by atoms with Crippen LogP contribution in [0.4, 0.5) is 0 Å². The van der Waals surface area contributed by atoms with Gasteiger partial charge in [-0.3, -0.25) is 4.98 Å². The van der Waals surface area contributed by atoms with Crippen molar-refractivity contribution in [1.82, 2.24) is 9.97 Å². The lowest BCUT2D eigenvalue weighted by Crippen LogP contribution is -2.06. The monoisotopic (exact) mass is 234 g/mol. The van der Waals surface area contributed by atoms with E-state index in [1.54, 1.807) is 12.1 Å². The molecule has 0 aliphatic heterocycles. The first-order valence-corrected chi connectivity index (χ1v) is 4.82. The third-order valence-electron chi connectivity index (χ3n) is 2.27. The van der Waals surface area contributed by atoms with Crippen molar-refractivity contribution in [2.75, 3.05) is 7.11 Å². The Kier molecular flexibility index (Phi) is 2.70. The first kappa shape index (κ1) is 11.0. The predicted octanol–water partition coefficient (Wildman–Crippen LogP) is 0.862. The number of H-pyrrole nitrogens is 2. The van der Waals surface area contributed by atoms with Crippen LogP contribution in [0, 0.1) is 0 Å². The molecule has 0 unspecified atom stereocenters. The number of ether oxygens (including phenoxy) is 1. The summed E-state index contributed by atoms with van der Waals surface area (Å²) in [6.45, 7) is 0. The zero-order chi connectivity index (χ0) is 12.4. The summed E-state index contributed by atoms with van der Waals surface area (Å²) in [6.07, 6.45) is 0. The molecule has 1 aromatic carbocycles. The molecule has 0 atom stereocenters. The van der Waals surface area contributed by atoms with Gasteiger partial charge < -0.3 is 14.8 Å². The van der Waals surface area contributed by atoms with E-state index in [1.807, 2.05) is 0 Å². The van der Waals surface area contributed by atoms with E-state index in [2.05, 4.69) is 14.7 Å². The molecule has 0 saturated carbocycles. The van der Waals surface area contributed by atoms with E-state index in [1.165, 1.54) is 19.2 Å². The summed E-state index contributed by atoms with van der Waals surface area (Å²) in [6, 6.07) is 6.09. The van der Waals surface area contributed by atoms with Crippen molar-refractivity contribution in [3.63, 3.8) is 0 Å². The normalized spacial score (nSPS) is 10.2. The van der Waals surface area contributed by atoms with E-state index in [9.17, 15) is 9.59 Å². The number of aromatic nitrogens is 2. The highest BCUT2D eigenvalue weighted by Crippen LogP contribution is 2.21. The fraction of sp³-hybridized carbons (Fsp3) is 0.0909. The smallest absolute Gasteiger partial charge is 0.356 e. The Morgan fingerprint density at radius 1 is 1.24 bits per heavy atom. The van der Waals surface area contributed by atoms with Gasteiger partial charge in [0.25, 0.3) is 0 Å². The van der Waals surface area contributed by atoms with Gasteiger partial charge in [0.1, 0.15) is 5.75 Å². The van der Waals surface area contributed by atoms with Crippen LogP contribution in [0.25, 0.3) is 11.3 Å². The van der Waals surface area contributed by atoms with E-state index in [0.717, 1.165) is 0 Å². The van der Waals surface area contributed by atoms with E-state index >= 15 is 0 Å². The number of hydrogen-bond donors (Lipinski definition) is 3. The Bertz CT molecular complexity index is 595. The van der Waals surface area contributed by atoms with Gasteiger partial charge >= 0.3 is 11.7 Å². The van der Waals surface area contributed by atoms with Crippen molar-refractivity contribution in [1.29, 1.82) is 0 Å². The lowest BCUT2D eigenvalue weighted by molar-refractivity contribution is 0.0595. The molecule has 0 aliphatic carbocycles. The van der Waals surface area contributed by atoms with Crippen LogP contribution in [0.15, 0.2) is 29.1 Å². The van der Waals surface area contributed by atoms with Gasteiger partial charge in [-0.2, -0.15) is 0 Å². The zero-order valence-corrected chi connectivity index (χ0v) is 8.98. The van der Waals surface area contributed by atoms with Crippen molar-refractivity contribution in [2.45, 2.75) is 0 Å². The van der Waals surface area contributed by atoms with Crippen LogP contribution in [0.1, 0.15) is 10.5 Å². The van der Waals surface area contributed by atoms with Crippen molar-refractivity contribution in [2.24, 2.45) is 0 Å². The number of aromatic hydroxyl groups is 1. The average molecular weight is 234 g/mol. The van der Waals surface area contributed by atoms with Gasteiger partial charge in [0.2, 0.25) is 0 Å². The first-order valence-electron chi connectivity index (χ1n) is 4.82. The number of carbonyl (C=O) groups is 1. The number of methoxy groups -OCH3 is 1. The summed E-state index contributed by atoms with van der Waals surface area (Å²) in [7, 11) is 1.23. The van der Waals surface area contributed by atoms with Crippen molar-refractivity contribution in [3.8, 4) is 17.0 Å². The number of hydrogen-bond acceptors (Lipinski definition) is 4. The molecular formula is C11H10N2O4. The van der Waals surface area contributed by atoms with Gasteiger partial charge in [0, 0.05) is 5.56 Å². The molecule has 0 spiro atoms. The third-order valence-corrected chi connectivity index (χ3v) is 2.27. The van der Waals surface area contributed by atoms with Crippen LogP contribution >= 0.6 is 0 Å². The van der Waals surface area contributed by atoms with Crippen LogP contribution in [0.2, 0.25) is 0 Å². The predicted molar refractivity (Wildman–Crippen MR) is 59.9 cm³/mol. The maximum Gasteiger partial charge on any atom is 0.356 e. The molecule has 0 amide bonds. The van der Waals surface area contributed by atoms with Crippen LogP contribution in [-0.2, 0) is 4.74 Å². The third kappa shape index (κ3) is 2.05. The molecule has 2 rings (SSSR count). The Morgan fingerprint density at radius 3 is 2.47 bits per heavy atom. The Morgan fingerprint density at radius 2 is 1.88 bits per heavy atom. The number of benzene rings is 1. The Hall–Kier alpha value is -2.50. The highest BCUT2D eigenvalue weighted by atomic mass is 16.5. The fourth-order valence-corrected chi connectivity index (χ4v) is 1.48. The molecule has 6 nitrogen and oxygen atoms in total. The van der Waals surface area contributed by atoms with Crippen LogP contribution in [0.3, 0.4) is 0 Å². The largest absolute Gasteiger partial charge is 0.508 e. The van der Waals surface area contributed by atoms with E-state index in [0.29, 0.717) is 11.3 Å². The molecule has 6 heteroatoms. The van der Waals surface area contributed by atoms with Gasteiger partial charge in [-0.25, -0.2) is 9.59 Å². The molecular weight excluding hydrogens is 224 g/mol. The number of esters is 1. The van der Waals surface area contributed by atoms with Crippen molar-refractivity contribution in [3.05, 3.63) is 40.4 Å². The Balaban J connectivity index is 2.55. The van der Waals surface area contributed by atoms with Crippen molar-refractivity contribution < 1.29 is 14.6 Å². The number of aromatic amines is 2. The summed E-state index contributed by atoms with van der Waals surface area (Å²) in [5.41, 5.74) is 0.500. The number of carbonyl (C=O) groups excluding carboxylic acids is 1. The molecule has 1 aromatic heterocycles. The minimum Gasteiger partial charge on any atom is -0.508 e. The maximum absolute atomic E-state index is 11.4.